The predicted molar refractivity (Wildman–Crippen MR) is 93.2 cm³/mol. The minimum Gasteiger partial charge on any atom is -0.595 e. The van der Waals surface area contributed by atoms with Gasteiger partial charge in [-0.05, 0) is 18.2 Å². The van der Waals surface area contributed by atoms with Gasteiger partial charge in [-0.3, -0.25) is 4.79 Å². The highest BCUT2D eigenvalue weighted by atomic mass is 35.5. The fraction of sp³-hybridized carbons (Fsp3) is 0.278. The van der Waals surface area contributed by atoms with Crippen LogP contribution in [0.3, 0.4) is 0 Å². The summed E-state index contributed by atoms with van der Waals surface area (Å²) in [4.78, 5) is 12.4. The molecular formula is C18H10ClF10NO4. The summed E-state index contributed by atoms with van der Waals surface area (Å²) >= 11 is 5.61. The molecule has 2 aromatic rings. The molecule has 0 spiro atoms. The van der Waals surface area contributed by atoms with Crippen LogP contribution in [-0.2, 0) is 12.1 Å². The van der Waals surface area contributed by atoms with Crippen molar-refractivity contribution in [1.29, 1.82) is 0 Å². The molecule has 1 atom stereocenters. The first-order valence-corrected chi connectivity index (χ1v) is 8.94. The zero-order valence-corrected chi connectivity index (χ0v) is 16.8. The van der Waals surface area contributed by atoms with Crippen LogP contribution in [0.25, 0.3) is 0 Å². The van der Waals surface area contributed by atoms with Gasteiger partial charge in [-0.1, -0.05) is 17.7 Å². The van der Waals surface area contributed by atoms with E-state index < -0.39 is 81.0 Å². The highest BCUT2D eigenvalue weighted by molar-refractivity contribution is 6.32. The first-order chi connectivity index (χ1) is 15.4. The normalized spacial score (nSPS) is 13.8. The lowest BCUT2D eigenvalue weighted by Crippen LogP contribution is -2.99. The Hall–Kier alpha value is -2.62. The Morgan fingerprint density at radius 1 is 1.09 bits per heavy atom. The van der Waals surface area contributed by atoms with Gasteiger partial charge in [0.1, 0.15) is 5.75 Å². The van der Waals surface area contributed by atoms with E-state index in [9.17, 15) is 53.9 Å². The first kappa shape index (κ1) is 27.6. The zero-order chi connectivity index (χ0) is 26.2. The Bertz CT molecular complexity index is 1060. The van der Waals surface area contributed by atoms with Crippen LogP contribution < -0.4 is 9.96 Å². The van der Waals surface area contributed by atoms with Crippen LogP contribution in [0, 0.1) is 11.0 Å². The van der Waals surface area contributed by atoms with Crippen molar-refractivity contribution in [2.45, 2.75) is 31.1 Å². The average molecular weight is 530 g/mol. The number of carbonyl (C=O) groups is 1. The lowest BCUT2D eigenvalue weighted by molar-refractivity contribution is -0.992. The largest absolute Gasteiger partial charge is 0.595 e. The maximum absolute atomic E-state index is 14.3. The second-order valence-electron chi connectivity index (χ2n) is 6.54. The number of ketones is 1. The highest BCUT2D eigenvalue weighted by Gasteiger charge is 2.73. The van der Waals surface area contributed by atoms with Crippen LogP contribution in [-0.4, -0.2) is 30.0 Å². The quantitative estimate of drug-likeness (QED) is 0.294. The molecule has 0 aromatic heterocycles. The fourth-order valence-corrected chi connectivity index (χ4v) is 3.12. The molecule has 0 saturated heterocycles. The van der Waals surface area contributed by atoms with Crippen molar-refractivity contribution >= 4 is 23.1 Å². The van der Waals surface area contributed by atoms with Gasteiger partial charge in [0.2, 0.25) is 5.69 Å². The summed E-state index contributed by atoms with van der Waals surface area (Å²) in [5, 5.41) is 16.9. The molecule has 2 aromatic carbocycles. The molecule has 34 heavy (non-hydrogen) atoms. The third kappa shape index (κ3) is 5.21. The molecule has 5 nitrogen and oxygen atoms in total. The second-order valence-corrected chi connectivity index (χ2v) is 6.95. The van der Waals surface area contributed by atoms with E-state index in [0.717, 1.165) is 18.2 Å². The topological polar surface area (TPSA) is 74.0 Å². The Morgan fingerprint density at radius 3 is 2.12 bits per heavy atom. The molecular weight excluding hydrogens is 520 g/mol. The summed E-state index contributed by atoms with van der Waals surface area (Å²) in [6.45, 7) is -3.86. The van der Waals surface area contributed by atoms with E-state index in [1.54, 1.807) is 0 Å². The van der Waals surface area contributed by atoms with E-state index in [-0.39, 0.29) is 12.1 Å². The fourth-order valence-electron chi connectivity index (χ4n) is 2.84. The number of nitrogens with one attached hydrogen (secondary N) is 1. The number of carbonyl (C=O) groups excluding carboxylic acids is 1. The van der Waals surface area contributed by atoms with Crippen molar-refractivity contribution in [2.24, 2.45) is 0 Å². The second kappa shape index (κ2) is 9.56. The van der Waals surface area contributed by atoms with Crippen LogP contribution >= 0.6 is 11.6 Å². The van der Waals surface area contributed by atoms with Crippen molar-refractivity contribution in [3.05, 3.63) is 63.1 Å². The molecule has 0 radical (unpaired) electrons. The molecule has 16 heteroatoms. The highest BCUT2D eigenvalue weighted by Crippen LogP contribution is 2.54. The number of alkyl halides is 9. The Morgan fingerprint density at radius 2 is 1.65 bits per heavy atom. The minimum atomic E-state index is -6.60. The van der Waals surface area contributed by atoms with Gasteiger partial charge in [-0.15, -0.1) is 0 Å². The molecule has 0 bridgehead atoms. The summed E-state index contributed by atoms with van der Waals surface area (Å²) in [6.07, 6.45) is -14.4. The molecule has 0 aliphatic heterocycles. The number of rotatable bonds is 7. The van der Waals surface area contributed by atoms with Gasteiger partial charge in [0.05, 0.1) is 5.56 Å². The average Bonchev–Trinajstić information content (AvgIpc) is 2.67. The lowest BCUT2D eigenvalue weighted by Gasteiger charge is -2.31. The van der Waals surface area contributed by atoms with Gasteiger partial charge >= 0.3 is 24.6 Å². The molecule has 0 aliphatic carbocycles. The molecule has 2 N–H and O–H groups in total. The van der Waals surface area contributed by atoms with E-state index in [0.29, 0.717) is 0 Å². The van der Waals surface area contributed by atoms with Crippen LogP contribution in [0.2, 0.25) is 5.02 Å². The van der Waals surface area contributed by atoms with Crippen LogP contribution in [0.1, 0.15) is 21.5 Å². The van der Waals surface area contributed by atoms with E-state index in [1.807, 2.05) is 0 Å². The van der Waals surface area contributed by atoms with Gasteiger partial charge in [-0.25, -0.2) is 9.60 Å². The van der Waals surface area contributed by atoms with Crippen LogP contribution in [0.15, 0.2) is 30.3 Å². The Labute approximate surface area is 187 Å². The Balaban J connectivity index is 2.65. The number of halogens is 11. The van der Waals surface area contributed by atoms with E-state index in [1.165, 1.54) is 0 Å². The SMILES string of the molecule is O=C(Cc1c(Cl)cc(C(F)(C(F)(F)F)C(F)(F)F)cc1OC(F)F)c1cccc([NH+]([O-])O)c1F. The van der Waals surface area contributed by atoms with Crippen molar-refractivity contribution in [1.82, 2.24) is 0 Å². The summed E-state index contributed by atoms with van der Waals surface area (Å²) in [5.41, 5.74) is -11.1. The summed E-state index contributed by atoms with van der Waals surface area (Å²) in [7, 11) is 0. The van der Waals surface area contributed by atoms with Gasteiger partial charge in [0, 0.05) is 28.6 Å². The molecule has 0 amide bonds. The van der Waals surface area contributed by atoms with E-state index in [4.69, 9.17) is 16.8 Å². The molecule has 188 valence electrons. The van der Waals surface area contributed by atoms with Crippen LogP contribution in [0.4, 0.5) is 49.6 Å². The zero-order valence-electron chi connectivity index (χ0n) is 16.0. The summed E-state index contributed by atoms with van der Waals surface area (Å²) < 4.78 is 136. The van der Waals surface area contributed by atoms with Crippen LogP contribution in [0.5, 0.6) is 5.75 Å². The third-order valence-electron chi connectivity index (χ3n) is 4.42. The molecule has 1 unspecified atom stereocenters. The van der Waals surface area contributed by atoms with Gasteiger partial charge < -0.3 is 9.94 Å². The monoisotopic (exact) mass is 529 g/mol. The van der Waals surface area contributed by atoms with Gasteiger partial charge in [0.15, 0.2) is 11.6 Å². The maximum Gasteiger partial charge on any atom is 0.435 e. The number of quaternary nitrogens is 1. The standard InChI is InChI=1S/C18H10ClF10NO4/c19-10-4-7(16(23,17(24,25)26)18(27,28)29)5-13(34-15(21)22)9(10)6-12(31)8-2-1-3-11(14(8)20)30(32)33/h1-5,15,30,32H,6H2. The van der Waals surface area contributed by atoms with Crippen molar-refractivity contribution in [2.75, 3.05) is 0 Å². The first-order valence-electron chi connectivity index (χ1n) is 8.56. The van der Waals surface area contributed by atoms with E-state index >= 15 is 0 Å². The molecule has 0 heterocycles. The third-order valence-corrected chi connectivity index (χ3v) is 4.75. The van der Waals surface area contributed by atoms with Gasteiger partial charge in [-0.2, -0.15) is 44.7 Å². The molecule has 0 aliphatic rings. The lowest BCUT2D eigenvalue weighted by atomic mass is 9.91. The molecule has 0 fully saturated rings. The number of hydrogen-bond donors (Lipinski definition) is 2. The number of hydrogen-bond acceptors (Lipinski definition) is 4. The minimum absolute atomic E-state index is 0.187. The van der Waals surface area contributed by atoms with E-state index in [2.05, 4.69) is 4.74 Å². The van der Waals surface area contributed by atoms with Crippen molar-refractivity contribution in [3.8, 4) is 5.75 Å². The molecule has 2 rings (SSSR count). The van der Waals surface area contributed by atoms with Crippen molar-refractivity contribution in [3.63, 3.8) is 0 Å². The van der Waals surface area contributed by atoms with Gasteiger partial charge in [0.25, 0.3) is 0 Å². The number of ether oxygens (including phenoxy) is 1. The molecule has 0 saturated carbocycles. The maximum atomic E-state index is 14.3. The summed E-state index contributed by atoms with van der Waals surface area (Å²) in [6, 6.07) is 1.95. The predicted octanol–water partition coefficient (Wildman–Crippen LogP) is 5.20. The summed E-state index contributed by atoms with van der Waals surface area (Å²) in [5.74, 6) is -4.43. The number of benzene rings is 2. The van der Waals surface area contributed by atoms with Crippen molar-refractivity contribution < 1.29 is 63.9 Å². The smallest absolute Gasteiger partial charge is 0.435 e. The Kier molecular flexibility index (Phi) is 7.77. The number of Topliss-reactive ketones (excluding diaryl/α,β-unsaturated/α-hetero) is 1.